The van der Waals surface area contributed by atoms with Crippen LogP contribution in [0.1, 0.15) is 30.6 Å². The molecule has 0 heterocycles. The molecule has 0 aliphatic rings. The van der Waals surface area contributed by atoms with Crippen molar-refractivity contribution < 1.29 is 14.3 Å². The van der Waals surface area contributed by atoms with Crippen molar-refractivity contribution in [2.45, 2.75) is 31.9 Å². The van der Waals surface area contributed by atoms with Crippen molar-refractivity contribution in [3.8, 4) is 0 Å². The maximum atomic E-state index is 13.5. The Kier molecular flexibility index (Phi) is 6.75. The number of hydrogen-bond donors (Lipinski definition) is 3. The molecule has 0 spiro atoms. The second-order valence-electron chi connectivity index (χ2n) is 5.82. The fourth-order valence-electron chi connectivity index (χ4n) is 2.42. The molecular weight excluding hydrogens is 307 g/mol. The smallest absolute Gasteiger partial charge is 0.315 e. The molecule has 0 saturated carbocycles. The second-order valence-corrected chi connectivity index (χ2v) is 5.82. The zero-order valence-electron chi connectivity index (χ0n) is 13.7. The largest absolute Gasteiger partial charge is 0.386 e. The molecule has 4 nitrogen and oxygen atoms in total. The van der Waals surface area contributed by atoms with Crippen LogP contribution in [0, 0.1) is 5.82 Å². The first-order valence-electron chi connectivity index (χ1n) is 8.07. The van der Waals surface area contributed by atoms with Gasteiger partial charge in [-0.1, -0.05) is 48.5 Å². The lowest BCUT2D eigenvalue weighted by Crippen LogP contribution is -2.42. The number of aryl methyl sites for hydroxylation is 1. The van der Waals surface area contributed by atoms with Gasteiger partial charge in [0.25, 0.3) is 0 Å². The zero-order chi connectivity index (χ0) is 17.4. The molecule has 0 aliphatic carbocycles. The second kappa shape index (κ2) is 9.03. The van der Waals surface area contributed by atoms with Crippen LogP contribution < -0.4 is 10.6 Å². The number of rotatable bonds is 7. The van der Waals surface area contributed by atoms with Gasteiger partial charge >= 0.3 is 6.03 Å². The van der Waals surface area contributed by atoms with E-state index in [-0.39, 0.29) is 24.2 Å². The molecule has 0 bridgehead atoms. The summed E-state index contributed by atoms with van der Waals surface area (Å²) in [6.07, 6.45) is 0.615. The molecular formula is C19H23FN2O2. The van der Waals surface area contributed by atoms with Crippen molar-refractivity contribution in [3.05, 3.63) is 71.5 Å². The van der Waals surface area contributed by atoms with Crippen molar-refractivity contribution in [1.29, 1.82) is 0 Å². The third kappa shape index (κ3) is 5.66. The van der Waals surface area contributed by atoms with Crippen LogP contribution >= 0.6 is 0 Å². The van der Waals surface area contributed by atoms with Crippen LogP contribution in [-0.2, 0) is 6.42 Å². The molecule has 2 aromatic carbocycles. The summed E-state index contributed by atoms with van der Waals surface area (Å²) in [6, 6.07) is 15.7. The lowest BCUT2D eigenvalue weighted by molar-refractivity contribution is 0.168. The monoisotopic (exact) mass is 330 g/mol. The molecule has 2 rings (SSSR count). The molecule has 3 N–H and O–H groups in total. The molecule has 5 heteroatoms. The van der Waals surface area contributed by atoms with E-state index >= 15 is 0 Å². The summed E-state index contributed by atoms with van der Waals surface area (Å²) in [5, 5.41) is 15.3. The summed E-state index contributed by atoms with van der Waals surface area (Å²) < 4.78 is 13.5. The Morgan fingerprint density at radius 2 is 1.79 bits per heavy atom. The topological polar surface area (TPSA) is 61.4 Å². The molecule has 0 aromatic heterocycles. The normalized spacial score (nSPS) is 13.1. The standard InChI is InChI=1S/C19H23FN2O2/c1-14(11-12-15-7-3-2-4-8-15)22-19(24)21-13-18(23)16-9-5-6-10-17(16)20/h2-10,14,18,23H,11-13H2,1H3,(H2,21,22,24). The molecule has 0 fully saturated rings. The number of carbonyl (C=O) groups excluding carboxylic acids is 1. The fraction of sp³-hybridized carbons (Fsp3) is 0.316. The molecule has 24 heavy (non-hydrogen) atoms. The van der Waals surface area contributed by atoms with E-state index in [4.69, 9.17) is 0 Å². The maximum absolute atomic E-state index is 13.5. The number of hydrogen-bond acceptors (Lipinski definition) is 2. The van der Waals surface area contributed by atoms with Crippen molar-refractivity contribution in [3.63, 3.8) is 0 Å². The van der Waals surface area contributed by atoms with E-state index in [1.54, 1.807) is 12.1 Å². The van der Waals surface area contributed by atoms with E-state index in [0.29, 0.717) is 0 Å². The van der Waals surface area contributed by atoms with E-state index in [1.165, 1.54) is 17.7 Å². The Morgan fingerprint density at radius 3 is 2.50 bits per heavy atom. The van der Waals surface area contributed by atoms with Crippen molar-refractivity contribution in [2.75, 3.05) is 6.54 Å². The number of aliphatic hydroxyl groups excluding tert-OH is 1. The van der Waals surface area contributed by atoms with Crippen molar-refractivity contribution in [2.24, 2.45) is 0 Å². The van der Waals surface area contributed by atoms with E-state index in [2.05, 4.69) is 22.8 Å². The summed E-state index contributed by atoms with van der Waals surface area (Å²) in [6.45, 7) is 1.88. The zero-order valence-corrected chi connectivity index (χ0v) is 13.7. The number of amides is 2. The molecule has 0 saturated heterocycles. The summed E-state index contributed by atoms with van der Waals surface area (Å²) in [4.78, 5) is 11.9. The summed E-state index contributed by atoms with van der Waals surface area (Å²) in [7, 11) is 0. The first-order chi connectivity index (χ1) is 11.6. The van der Waals surface area contributed by atoms with Crippen LogP contribution in [0.2, 0.25) is 0 Å². The molecule has 0 radical (unpaired) electrons. The van der Waals surface area contributed by atoms with Crippen molar-refractivity contribution >= 4 is 6.03 Å². The molecule has 128 valence electrons. The van der Waals surface area contributed by atoms with Gasteiger partial charge in [-0.3, -0.25) is 0 Å². The first-order valence-corrected chi connectivity index (χ1v) is 8.07. The third-order valence-corrected chi connectivity index (χ3v) is 3.81. The predicted molar refractivity (Wildman–Crippen MR) is 92.1 cm³/mol. The molecule has 0 aliphatic heterocycles. The number of nitrogens with one attached hydrogen (secondary N) is 2. The van der Waals surface area contributed by atoms with Gasteiger partial charge in [0.15, 0.2) is 0 Å². The van der Waals surface area contributed by atoms with Crippen LogP contribution in [0.25, 0.3) is 0 Å². The average Bonchev–Trinajstić information content (AvgIpc) is 2.59. The number of halogens is 1. The van der Waals surface area contributed by atoms with Gasteiger partial charge in [0.1, 0.15) is 5.82 Å². The first kappa shape index (κ1) is 17.9. The number of carbonyl (C=O) groups is 1. The Hall–Kier alpha value is -2.40. The van der Waals surface area contributed by atoms with Crippen LogP contribution in [0.4, 0.5) is 9.18 Å². The number of benzene rings is 2. The SMILES string of the molecule is CC(CCc1ccccc1)NC(=O)NCC(O)c1ccccc1F. The summed E-state index contributed by atoms with van der Waals surface area (Å²) >= 11 is 0. The van der Waals surface area contributed by atoms with Gasteiger partial charge in [-0.05, 0) is 31.4 Å². The van der Waals surface area contributed by atoms with E-state index in [9.17, 15) is 14.3 Å². The van der Waals surface area contributed by atoms with Gasteiger partial charge < -0.3 is 15.7 Å². The summed E-state index contributed by atoms with van der Waals surface area (Å²) in [5.74, 6) is -0.483. The molecule has 2 aromatic rings. The molecule has 2 amide bonds. The highest BCUT2D eigenvalue weighted by molar-refractivity contribution is 5.74. The lowest BCUT2D eigenvalue weighted by Gasteiger charge is -2.17. The lowest BCUT2D eigenvalue weighted by atomic mass is 10.1. The highest BCUT2D eigenvalue weighted by Crippen LogP contribution is 2.15. The quantitative estimate of drug-likeness (QED) is 0.730. The van der Waals surface area contributed by atoms with Gasteiger partial charge in [-0.25, -0.2) is 9.18 Å². The summed E-state index contributed by atoms with van der Waals surface area (Å²) in [5.41, 5.74) is 1.40. The highest BCUT2D eigenvalue weighted by Gasteiger charge is 2.14. The Labute approximate surface area is 141 Å². The minimum atomic E-state index is -1.07. The van der Waals surface area contributed by atoms with Gasteiger partial charge in [-0.15, -0.1) is 0 Å². The number of urea groups is 1. The Bertz CT molecular complexity index is 649. The van der Waals surface area contributed by atoms with E-state index in [0.717, 1.165) is 12.8 Å². The van der Waals surface area contributed by atoms with Crippen LogP contribution in [0.3, 0.4) is 0 Å². The molecule has 2 unspecified atom stereocenters. The number of aliphatic hydroxyl groups is 1. The fourth-order valence-corrected chi connectivity index (χ4v) is 2.42. The molecule has 2 atom stereocenters. The minimum Gasteiger partial charge on any atom is -0.386 e. The van der Waals surface area contributed by atoms with Gasteiger partial charge in [-0.2, -0.15) is 0 Å². The minimum absolute atomic E-state index is 0.00388. The maximum Gasteiger partial charge on any atom is 0.315 e. The van der Waals surface area contributed by atoms with Crippen molar-refractivity contribution in [1.82, 2.24) is 10.6 Å². The van der Waals surface area contributed by atoms with Gasteiger partial charge in [0.05, 0.1) is 6.10 Å². The van der Waals surface area contributed by atoms with Crippen LogP contribution in [0.15, 0.2) is 54.6 Å². The Balaban J connectivity index is 1.71. The van der Waals surface area contributed by atoms with Crippen LogP contribution in [-0.4, -0.2) is 23.7 Å². The average molecular weight is 330 g/mol. The highest BCUT2D eigenvalue weighted by atomic mass is 19.1. The predicted octanol–water partition coefficient (Wildman–Crippen LogP) is 3.18. The van der Waals surface area contributed by atoms with E-state index < -0.39 is 11.9 Å². The Morgan fingerprint density at radius 1 is 1.12 bits per heavy atom. The van der Waals surface area contributed by atoms with Crippen LogP contribution in [0.5, 0.6) is 0 Å². The van der Waals surface area contributed by atoms with E-state index in [1.807, 2.05) is 25.1 Å². The van der Waals surface area contributed by atoms with Gasteiger partial charge in [0.2, 0.25) is 0 Å². The third-order valence-electron chi connectivity index (χ3n) is 3.81. The van der Waals surface area contributed by atoms with Gasteiger partial charge in [0, 0.05) is 18.2 Å².